The maximum atomic E-state index is 11.1. The minimum atomic E-state index is -0.644. The molecule has 0 spiro atoms. The quantitative estimate of drug-likeness (QED) is 0.628. The zero-order chi connectivity index (χ0) is 20.3. The molecule has 4 fully saturated rings. The summed E-state index contributed by atoms with van der Waals surface area (Å²) in [4.78, 5) is 11.1. The third-order valence-corrected chi connectivity index (χ3v) is 10.9. The molecule has 2 N–H and O–H groups in total. The SMILES string of the molecule is C[C@@H](CCC(=O)O)[C@H]1CC[C@H]2[C@@H]3CC[C@]4(C)CC(O)CC[C@]4(C)[C@H]3CC[C@]12C. The lowest BCUT2D eigenvalue weighted by Gasteiger charge is -2.65. The van der Waals surface area contributed by atoms with Crippen LogP contribution in [0.15, 0.2) is 0 Å². The summed E-state index contributed by atoms with van der Waals surface area (Å²) >= 11 is 0. The standard InChI is InChI=1S/C25H42O3/c1-16(5-8-22(27)28)19-6-7-20-18-10-12-23(2)15-17(26)9-14-25(23,4)21(18)11-13-24(19,20)3/h16-21,26H,5-15H2,1-4H3,(H,27,28)/t16-,17?,18-,19+,20-,21-,23+,24+,25+/m0/s1. The van der Waals surface area contributed by atoms with E-state index in [-0.39, 0.29) is 6.10 Å². The van der Waals surface area contributed by atoms with Gasteiger partial charge in [-0.05, 0) is 110 Å². The third-order valence-electron chi connectivity index (χ3n) is 10.9. The highest BCUT2D eigenvalue weighted by Gasteiger charge is 2.63. The van der Waals surface area contributed by atoms with Gasteiger partial charge >= 0.3 is 5.97 Å². The van der Waals surface area contributed by atoms with Crippen LogP contribution in [0, 0.1) is 45.8 Å². The summed E-state index contributed by atoms with van der Waals surface area (Å²) in [5.41, 5.74) is 1.12. The Labute approximate surface area is 171 Å². The molecule has 0 saturated heterocycles. The molecule has 160 valence electrons. The van der Waals surface area contributed by atoms with Crippen molar-refractivity contribution < 1.29 is 15.0 Å². The van der Waals surface area contributed by atoms with Crippen LogP contribution < -0.4 is 0 Å². The molecule has 0 heterocycles. The molecule has 3 nitrogen and oxygen atoms in total. The Bertz CT molecular complexity index is 617. The van der Waals surface area contributed by atoms with Crippen molar-refractivity contribution in [1.82, 2.24) is 0 Å². The van der Waals surface area contributed by atoms with Gasteiger partial charge in [-0.1, -0.05) is 27.7 Å². The van der Waals surface area contributed by atoms with E-state index < -0.39 is 5.97 Å². The first kappa shape index (κ1) is 20.7. The van der Waals surface area contributed by atoms with E-state index in [2.05, 4.69) is 27.7 Å². The Balaban J connectivity index is 1.54. The number of aliphatic hydroxyl groups is 1. The average molecular weight is 391 g/mol. The molecule has 28 heavy (non-hydrogen) atoms. The predicted molar refractivity (Wildman–Crippen MR) is 112 cm³/mol. The molecule has 9 atom stereocenters. The van der Waals surface area contributed by atoms with E-state index in [0.717, 1.165) is 37.0 Å². The maximum absolute atomic E-state index is 11.1. The van der Waals surface area contributed by atoms with Gasteiger partial charge in [-0.3, -0.25) is 4.79 Å². The molecule has 4 aliphatic carbocycles. The number of fused-ring (bicyclic) bond motifs is 5. The van der Waals surface area contributed by atoms with Crippen LogP contribution in [0.3, 0.4) is 0 Å². The molecule has 1 unspecified atom stereocenters. The molecular weight excluding hydrogens is 348 g/mol. The van der Waals surface area contributed by atoms with Gasteiger partial charge < -0.3 is 10.2 Å². The highest BCUT2D eigenvalue weighted by molar-refractivity contribution is 5.66. The zero-order valence-electron chi connectivity index (χ0n) is 18.5. The lowest BCUT2D eigenvalue weighted by Crippen LogP contribution is -2.58. The minimum absolute atomic E-state index is 0.0885. The number of carboxylic acid groups (broad SMARTS) is 1. The van der Waals surface area contributed by atoms with Crippen LogP contribution in [0.25, 0.3) is 0 Å². The lowest BCUT2D eigenvalue weighted by molar-refractivity contribution is -0.171. The third kappa shape index (κ3) is 2.97. The highest BCUT2D eigenvalue weighted by Crippen LogP contribution is 2.71. The van der Waals surface area contributed by atoms with Crippen LogP contribution in [0.1, 0.15) is 98.3 Å². The summed E-state index contributed by atoms with van der Waals surface area (Å²) in [6, 6.07) is 0. The van der Waals surface area contributed by atoms with Gasteiger partial charge in [0.05, 0.1) is 6.10 Å². The van der Waals surface area contributed by atoms with Crippen LogP contribution in [-0.4, -0.2) is 22.3 Å². The van der Waals surface area contributed by atoms with Crippen molar-refractivity contribution in [1.29, 1.82) is 0 Å². The Kier molecular flexibility index (Phi) is 5.17. The van der Waals surface area contributed by atoms with Crippen LogP contribution >= 0.6 is 0 Å². The van der Waals surface area contributed by atoms with Gasteiger partial charge in [0, 0.05) is 6.42 Å². The van der Waals surface area contributed by atoms with Crippen LogP contribution in [0.5, 0.6) is 0 Å². The molecule has 0 aliphatic heterocycles. The summed E-state index contributed by atoms with van der Waals surface area (Å²) in [7, 11) is 0. The smallest absolute Gasteiger partial charge is 0.303 e. The first-order valence-corrected chi connectivity index (χ1v) is 12.0. The molecule has 0 aromatic rings. The lowest BCUT2D eigenvalue weighted by atomic mass is 9.40. The fourth-order valence-corrected chi connectivity index (χ4v) is 9.14. The fourth-order valence-electron chi connectivity index (χ4n) is 9.14. The van der Waals surface area contributed by atoms with Gasteiger partial charge in [0.15, 0.2) is 0 Å². The normalized spacial score (nSPS) is 51.7. The summed E-state index contributed by atoms with van der Waals surface area (Å²) in [5, 5.41) is 19.5. The van der Waals surface area contributed by atoms with Crippen molar-refractivity contribution in [3.05, 3.63) is 0 Å². The highest BCUT2D eigenvalue weighted by atomic mass is 16.4. The minimum Gasteiger partial charge on any atom is -0.481 e. The maximum Gasteiger partial charge on any atom is 0.303 e. The molecule has 4 aliphatic rings. The van der Waals surface area contributed by atoms with Crippen molar-refractivity contribution in [3.63, 3.8) is 0 Å². The van der Waals surface area contributed by atoms with Gasteiger partial charge in [0.1, 0.15) is 0 Å². The van der Waals surface area contributed by atoms with E-state index in [1.54, 1.807) is 0 Å². The summed E-state index contributed by atoms with van der Waals surface area (Å²) in [6.07, 6.45) is 12.2. The fraction of sp³-hybridized carbons (Fsp3) is 0.960. The Morgan fingerprint density at radius 1 is 1.00 bits per heavy atom. The molecule has 0 radical (unpaired) electrons. The molecule has 4 rings (SSSR count). The summed E-state index contributed by atoms with van der Waals surface area (Å²) in [5.74, 6) is 3.09. The number of aliphatic carboxylic acids is 1. The van der Waals surface area contributed by atoms with E-state index in [1.165, 1.54) is 44.9 Å². The topological polar surface area (TPSA) is 57.5 Å². The van der Waals surface area contributed by atoms with Crippen LogP contribution in [0.4, 0.5) is 0 Å². The molecule has 0 aromatic heterocycles. The Hall–Kier alpha value is -0.570. The van der Waals surface area contributed by atoms with Gasteiger partial charge in [0.2, 0.25) is 0 Å². The number of hydrogen-bond donors (Lipinski definition) is 2. The largest absolute Gasteiger partial charge is 0.481 e. The van der Waals surface area contributed by atoms with E-state index in [9.17, 15) is 9.90 Å². The predicted octanol–water partition coefficient (Wildman–Crippen LogP) is 5.90. The second kappa shape index (κ2) is 7.00. The molecular formula is C25H42O3. The van der Waals surface area contributed by atoms with Gasteiger partial charge in [-0.25, -0.2) is 0 Å². The van der Waals surface area contributed by atoms with E-state index in [4.69, 9.17) is 5.11 Å². The van der Waals surface area contributed by atoms with Crippen LogP contribution in [-0.2, 0) is 4.79 Å². The zero-order valence-corrected chi connectivity index (χ0v) is 18.5. The van der Waals surface area contributed by atoms with E-state index in [1.807, 2.05) is 0 Å². The average Bonchev–Trinajstić information content (AvgIpc) is 2.98. The van der Waals surface area contributed by atoms with Gasteiger partial charge in [-0.15, -0.1) is 0 Å². The number of carboxylic acids is 1. The second-order valence-corrected chi connectivity index (χ2v) is 11.9. The second-order valence-electron chi connectivity index (χ2n) is 11.9. The molecule has 0 bridgehead atoms. The monoisotopic (exact) mass is 390 g/mol. The summed E-state index contributed by atoms with van der Waals surface area (Å²) in [6.45, 7) is 9.92. The number of carbonyl (C=O) groups is 1. The number of rotatable bonds is 4. The molecule has 3 heteroatoms. The first-order chi connectivity index (χ1) is 13.1. The first-order valence-electron chi connectivity index (χ1n) is 12.0. The molecule has 0 aromatic carbocycles. The van der Waals surface area contributed by atoms with Crippen molar-refractivity contribution in [2.45, 2.75) is 104 Å². The van der Waals surface area contributed by atoms with Gasteiger partial charge in [-0.2, -0.15) is 0 Å². The molecule has 0 amide bonds. The van der Waals surface area contributed by atoms with Crippen molar-refractivity contribution in [3.8, 4) is 0 Å². The van der Waals surface area contributed by atoms with E-state index >= 15 is 0 Å². The van der Waals surface area contributed by atoms with Crippen molar-refractivity contribution >= 4 is 5.97 Å². The number of hydrogen-bond acceptors (Lipinski definition) is 2. The molecule has 4 saturated carbocycles. The Morgan fingerprint density at radius 3 is 2.46 bits per heavy atom. The van der Waals surface area contributed by atoms with Crippen molar-refractivity contribution in [2.75, 3.05) is 0 Å². The number of aliphatic hydroxyl groups excluding tert-OH is 1. The van der Waals surface area contributed by atoms with Crippen molar-refractivity contribution in [2.24, 2.45) is 45.8 Å². The Morgan fingerprint density at radius 2 is 1.75 bits per heavy atom. The van der Waals surface area contributed by atoms with Crippen LogP contribution in [0.2, 0.25) is 0 Å². The summed E-state index contributed by atoms with van der Waals surface area (Å²) < 4.78 is 0. The van der Waals surface area contributed by atoms with E-state index in [0.29, 0.717) is 34.5 Å². The van der Waals surface area contributed by atoms with Gasteiger partial charge in [0.25, 0.3) is 0 Å².